The van der Waals surface area contributed by atoms with E-state index in [1.54, 1.807) is 7.11 Å². The molecule has 0 amide bonds. The van der Waals surface area contributed by atoms with Crippen LogP contribution in [0.1, 0.15) is 17.0 Å². The van der Waals surface area contributed by atoms with Crippen LogP contribution < -0.4 is 21.1 Å². The predicted molar refractivity (Wildman–Crippen MR) is 131 cm³/mol. The molecular weight excluding hydrogens is 428 g/mol. The molecule has 0 aliphatic carbocycles. The minimum atomic E-state index is -0.317. The Morgan fingerprint density at radius 2 is 1.65 bits per heavy atom. The zero-order valence-corrected chi connectivity index (χ0v) is 19.2. The number of nitrogen functional groups attached to an aromatic ring is 1. The third-order valence-corrected chi connectivity index (χ3v) is 5.73. The fourth-order valence-corrected chi connectivity index (χ4v) is 4.23. The van der Waals surface area contributed by atoms with E-state index in [4.69, 9.17) is 15.6 Å². The Labute approximate surface area is 196 Å². The van der Waals surface area contributed by atoms with Crippen LogP contribution in [0.15, 0.2) is 71.5 Å². The van der Waals surface area contributed by atoms with Gasteiger partial charge in [-0.05, 0) is 49.2 Å². The molecule has 0 spiro atoms. The van der Waals surface area contributed by atoms with Gasteiger partial charge in [-0.3, -0.25) is 10.7 Å². The number of ether oxygens (including phenoxy) is 1. The van der Waals surface area contributed by atoms with E-state index < -0.39 is 0 Å². The molecule has 0 fully saturated rings. The lowest BCUT2D eigenvalue weighted by Crippen LogP contribution is -2.28. The Morgan fingerprint density at radius 1 is 0.971 bits per heavy atom. The Kier molecular flexibility index (Phi) is 5.33. The number of hydrogen-bond donors (Lipinski definition) is 1. The van der Waals surface area contributed by atoms with Crippen LogP contribution >= 0.6 is 0 Å². The fourth-order valence-electron chi connectivity index (χ4n) is 4.23. The molecule has 0 saturated carbocycles. The van der Waals surface area contributed by atoms with Crippen LogP contribution in [0.2, 0.25) is 0 Å². The van der Waals surface area contributed by atoms with Crippen LogP contribution in [0.25, 0.3) is 28.0 Å². The molecule has 0 aliphatic rings. The topological polar surface area (TPSA) is 102 Å². The van der Waals surface area contributed by atoms with E-state index in [2.05, 4.69) is 9.97 Å². The summed E-state index contributed by atoms with van der Waals surface area (Å²) in [6.07, 6.45) is 0. The summed E-state index contributed by atoms with van der Waals surface area (Å²) < 4.78 is 8.09. The molecule has 34 heavy (non-hydrogen) atoms. The van der Waals surface area contributed by atoms with Crippen molar-refractivity contribution in [1.29, 1.82) is 0 Å². The average molecular weight is 454 g/mol. The quantitative estimate of drug-likeness (QED) is 0.440. The first-order chi connectivity index (χ1) is 16.4. The van der Waals surface area contributed by atoms with Gasteiger partial charge in [0.1, 0.15) is 11.4 Å². The molecule has 3 aromatic heterocycles. The van der Waals surface area contributed by atoms with Crippen molar-refractivity contribution < 1.29 is 9.72 Å². The van der Waals surface area contributed by atoms with Gasteiger partial charge in [-0.25, -0.2) is 9.78 Å². The smallest absolute Gasteiger partial charge is 0.411 e. The molecule has 3 heterocycles. The Morgan fingerprint density at radius 3 is 2.29 bits per heavy atom. The third-order valence-electron chi connectivity index (χ3n) is 5.73. The molecule has 2 aromatic carbocycles. The molecule has 0 saturated heterocycles. The monoisotopic (exact) mass is 453 g/mol. The first kappa shape index (κ1) is 21.4. The zero-order valence-electron chi connectivity index (χ0n) is 19.2. The number of pyridine rings is 1. The number of hydrogen-bond acceptors (Lipinski definition) is 5. The minimum Gasteiger partial charge on any atom is -0.497 e. The second-order valence-corrected chi connectivity index (χ2v) is 8.21. The zero-order chi connectivity index (χ0) is 23.8. The lowest BCUT2D eigenvalue weighted by atomic mass is 9.99. The maximum atomic E-state index is 13.4. The maximum Gasteiger partial charge on any atom is 0.411 e. The van der Waals surface area contributed by atoms with Gasteiger partial charge in [0.15, 0.2) is 0 Å². The van der Waals surface area contributed by atoms with Gasteiger partial charge in [0, 0.05) is 17.0 Å². The van der Waals surface area contributed by atoms with E-state index in [0.717, 1.165) is 45.1 Å². The highest BCUT2D eigenvalue weighted by atomic mass is 16.5. The molecule has 8 heteroatoms. The lowest BCUT2D eigenvalue weighted by molar-refractivity contribution is -0.351. The maximum absolute atomic E-state index is 13.4. The first-order valence-corrected chi connectivity index (χ1v) is 10.9. The first-order valence-electron chi connectivity index (χ1n) is 10.9. The number of fused-ring (bicyclic) bond motifs is 1. The van der Waals surface area contributed by atoms with Gasteiger partial charge < -0.3 is 4.74 Å². The minimum absolute atomic E-state index is 0.214. The number of aryl methyl sites for hydroxylation is 2. The predicted octanol–water partition coefficient (Wildman–Crippen LogP) is 3.30. The number of H-pyrrole nitrogens is 1. The molecule has 3 N–H and O–H groups in total. The molecule has 5 aromatic rings. The van der Waals surface area contributed by atoms with Crippen LogP contribution in [-0.4, -0.2) is 26.3 Å². The Bertz CT molecular complexity index is 1530. The second-order valence-electron chi connectivity index (χ2n) is 8.21. The van der Waals surface area contributed by atoms with Gasteiger partial charge in [0.05, 0.1) is 19.2 Å². The molecule has 8 nitrogen and oxygen atoms in total. The molecule has 170 valence electrons. The SMILES string of the molecule is COc1ccc(Cn2nc3c(-c4cc(C)nc(C)c4)c(-c4ccccc4)[nH+]c(N)n3c2=O)cc1. The van der Waals surface area contributed by atoms with Crippen molar-refractivity contribution in [2.45, 2.75) is 20.4 Å². The van der Waals surface area contributed by atoms with Crippen molar-refractivity contribution in [1.82, 2.24) is 19.2 Å². The van der Waals surface area contributed by atoms with Crippen molar-refractivity contribution in [3.8, 4) is 28.1 Å². The summed E-state index contributed by atoms with van der Waals surface area (Å²) in [7, 11) is 1.62. The summed E-state index contributed by atoms with van der Waals surface area (Å²) in [5, 5.41) is 4.75. The normalized spacial score (nSPS) is 11.1. The fraction of sp³-hybridized carbons (Fsp3) is 0.154. The second kappa shape index (κ2) is 8.47. The van der Waals surface area contributed by atoms with Gasteiger partial charge in [0.25, 0.3) is 0 Å². The number of methoxy groups -OCH3 is 1. The summed E-state index contributed by atoms with van der Waals surface area (Å²) in [6, 6.07) is 21.4. The number of aromatic nitrogens is 5. The van der Waals surface area contributed by atoms with Gasteiger partial charge in [-0.1, -0.05) is 42.5 Å². The number of nitrogens with one attached hydrogen (secondary N) is 1. The van der Waals surface area contributed by atoms with Crippen LogP contribution in [-0.2, 0) is 6.54 Å². The van der Waals surface area contributed by atoms with E-state index in [1.807, 2.05) is 80.6 Å². The number of anilines is 1. The third kappa shape index (κ3) is 3.79. The largest absolute Gasteiger partial charge is 0.497 e. The highest BCUT2D eigenvalue weighted by Gasteiger charge is 2.26. The molecule has 0 unspecified atom stereocenters. The van der Waals surface area contributed by atoms with Crippen molar-refractivity contribution in [2.75, 3.05) is 12.8 Å². The Hall–Kier alpha value is -4.46. The number of aromatic amines is 1. The Balaban J connectivity index is 1.77. The number of benzene rings is 2. The van der Waals surface area contributed by atoms with E-state index in [-0.39, 0.29) is 11.6 Å². The van der Waals surface area contributed by atoms with E-state index in [1.165, 1.54) is 9.08 Å². The summed E-state index contributed by atoms with van der Waals surface area (Å²) in [5.74, 6) is 0.967. The standard InChI is InChI=1S/C26H24N6O2/c1-16-13-20(14-17(2)28-16)22-23(19-7-5-4-6-8-19)29-25(27)32-24(22)30-31(26(32)33)15-18-9-11-21(34-3)12-10-18/h4-14H,15H2,1-3H3,(H2,27,29)/p+1. The molecule has 0 bridgehead atoms. The molecule has 0 atom stereocenters. The average Bonchev–Trinajstić information content (AvgIpc) is 3.15. The lowest BCUT2D eigenvalue weighted by Gasteiger charge is -2.10. The number of nitrogens with two attached hydrogens (primary N) is 1. The van der Waals surface area contributed by atoms with Crippen molar-refractivity contribution in [2.24, 2.45) is 0 Å². The van der Waals surface area contributed by atoms with Gasteiger partial charge in [-0.2, -0.15) is 4.68 Å². The molecule has 0 aliphatic heterocycles. The van der Waals surface area contributed by atoms with E-state index in [0.29, 0.717) is 12.2 Å². The molecular formula is C26H25N6O2+. The van der Waals surface area contributed by atoms with Gasteiger partial charge in [0.2, 0.25) is 5.65 Å². The van der Waals surface area contributed by atoms with Crippen molar-refractivity contribution >= 4 is 11.6 Å². The van der Waals surface area contributed by atoms with Crippen molar-refractivity contribution in [3.05, 3.63) is 94.2 Å². The highest BCUT2D eigenvalue weighted by Crippen LogP contribution is 2.33. The summed E-state index contributed by atoms with van der Waals surface area (Å²) in [6.45, 7) is 4.20. The van der Waals surface area contributed by atoms with Gasteiger partial charge >= 0.3 is 11.6 Å². The van der Waals surface area contributed by atoms with Crippen LogP contribution in [0.4, 0.5) is 5.95 Å². The number of rotatable bonds is 5. The van der Waals surface area contributed by atoms with E-state index in [9.17, 15) is 4.79 Å². The van der Waals surface area contributed by atoms with Gasteiger partial charge in [-0.15, -0.1) is 9.50 Å². The molecule has 0 radical (unpaired) electrons. The van der Waals surface area contributed by atoms with Crippen LogP contribution in [0.5, 0.6) is 5.75 Å². The highest BCUT2D eigenvalue weighted by molar-refractivity contribution is 5.88. The number of nitrogens with zero attached hydrogens (tertiary/aromatic N) is 4. The van der Waals surface area contributed by atoms with E-state index >= 15 is 0 Å². The summed E-state index contributed by atoms with van der Waals surface area (Å²) in [5.41, 5.74) is 12.7. The molecule has 5 rings (SSSR count). The van der Waals surface area contributed by atoms with Crippen molar-refractivity contribution in [3.63, 3.8) is 0 Å². The summed E-state index contributed by atoms with van der Waals surface area (Å²) in [4.78, 5) is 21.1. The summed E-state index contributed by atoms with van der Waals surface area (Å²) >= 11 is 0. The van der Waals surface area contributed by atoms with Crippen LogP contribution in [0, 0.1) is 13.8 Å². The van der Waals surface area contributed by atoms with Crippen LogP contribution in [0.3, 0.4) is 0 Å².